The summed E-state index contributed by atoms with van der Waals surface area (Å²) in [5.41, 5.74) is 10.2. The molecular formula is C12H17N3O2. The highest BCUT2D eigenvalue weighted by atomic mass is 16.2. The zero-order valence-electron chi connectivity index (χ0n) is 9.94. The number of hydrogen-bond acceptors (Lipinski definition) is 3. The summed E-state index contributed by atoms with van der Waals surface area (Å²) >= 11 is 0. The zero-order chi connectivity index (χ0) is 13.1. The van der Waals surface area contributed by atoms with Gasteiger partial charge in [-0.1, -0.05) is 30.3 Å². The number of nitrogens with two attached hydrogens (primary N) is 2. The molecule has 0 aliphatic heterocycles. The van der Waals surface area contributed by atoms with E-state index < -0.39 is 23.4 Å². The molecule has 5 nitrogen and oxygen atoms in total. The molecule has 0 aliphatic rings. The largest absolute Gasteiger partial charge is 0.367 e. The van der Waals surface area contributed by atoms with Gasteiger partial charge < -0.3 is 16.8 Å². The van der Waals surface area contributed by atoms with Crippen molar-refractivity contribution in [3.63, 3.8) is 0 Å². The van der Waals surface area contributed by atoms with Gasteiger partial charge in [-0.05, 0) is 19.4 Å². The van der Waals surface area contributed by atoms with Crippen LogP contribution in [0.1, 0.15) is 19.4 Å². The van der Waals surface area contributed by atoms with Crippen molar-refractivity contribution < 1.29 is 9.59 Å². The van der Waals surface area contributed by atoms with Crippen LogP contribution in [0.2, 0.25) is 0 Å². The van der Waals surface area contributed by atoms with Crippen molar-refractivity contribution in [1.29, 1.82) is 0 Å². The molecular weight excluding hydrogens is 218 g/mol. The summed E-state index contributed by atoms with van der Waals surface area (Å²) in [7, 11) is 0. The minimum Gasteiger partial charge on any atom is -0.367 e. The van der Waals surface area contributed by atoms with E-state index in [1.54, 1.807) is 38.1 Å². The molecule has 0 aliphatic carbocycles. The van der Waals surface area contributed by atoms with E-state index in [9.17, 15) is 9.59 Å². The van der Waals surface area contributed by atoms with E-state index in [0.29, 0.717) is 5.56 Å². The molecule has 1 unspecified atom stereocenters. The second kappa shape index (κ2) is 4.97. The number of carbonyl (C=O) groups is 2. The first-order valence-electron chi connectivity index (χ1n) is 5.31. The molecule has 0 heterocycles. The molecule has 1 rings (SSSR count). The minimum atomic E-state index is -1.24. The van der Waals surface area contributed by atoms with Gasteiger partial charge in [0.1, 0.15) is 5.54 Å². The molecule has 2 atom stereocenters. The molecule has 1 aromatic rings. The van der Waals surface area contributed by atoms with Crippen molar-refractivity contribution in [3.05, 3.63) is 35.9 Å². The van der Waals surface area contributed by atoms with Gasteiger partial charge in [-0.3, -0.25) is 9.59 Å². The standard InChI is InChI=1S/C12H17N3O2/c1-8(13)10(16)15-12(2,11(14)17)9-6-4-3-5-7-9/h3-8H,13H2,1-2H3,(H2,14,17)(H,15,16)/t8-,12?/m0/s1. The van der Waals surface area contributed by atoms with Gasteiger partial charge in [-0.15, -0.1) is 0 Å². The summed E-state index contributed by atoms with van der Waals surface area (Å²) in [6.07, 6.45) is 0. The number of amides is 2. The predicted octanol–water partition coefficient (Wildman–Crippen LogP) is -0.149. The van der Waals surface area contributed by atoms with Crippen molar-refractivity contribution in [2.45, 2.75) is 25.4 Å². The van der Waals surface area contributed by atoms with E-state index in [4.69, 9.17) is 11.5 Å². The second-order valence-corrected chi connectivity index (χ2v) is 4.13. The van der Waals surface area contributed by atoms with Crippen LogP contribution in [0.5, 0.6) is 0 Å². The van der Waals surface area contributed by atoms with Crippen LogP contribution in [0.25, 0.3) is 0 Å². The van der Waals surface area contributed by atoms with Crippen LogP contribution in [-0.2, 0) is 15.1 Å². The maximum absolute atomic E-state index is 11.6. The molecule has 0 fully saturated rings. The fraction of sp³-hybridized carbons (Fsp3) is 0.333. The van der Waals surface area contributed by atoms with E-state index in [2.05, 4.69) is 5.32 Å². The van der Waals surface area contributed by atoms with Crippen molar-refractivity contribution in [3.8, 4) is 0 Å². The predicted molar refractivity (Wildman–Crippen MR) is 64.8 cm³/mol. The van der Waals surface area contributed by atoms with Crippen LogP contribution in [0.15, 0.2) is 30.3 Å². The molecule has 1 aromatic carbocycles. The van der Waals surface area contributed by atoms with Crippen molar-refractivity contribution >= 4 is 11.8 Å². The first-order chi connectivity index (χ1) is 7.88. The van der Waals surface area contributed by atoms with Gasteiger partial charge >= 0.3 is 0 Å². The van der Waals surface area contributed by atoms with Gasteiger partial charge in [0, 0.05) is 0 Å². The summed E-state index contributed by atoms with van der Waals surface area (Å²) in [4.78, 5) is 23.1. The molecule has 0 aromatic heterocycles. The van der Waals surface area contributed by atoms with Gasteiger partial charge in [-0.2, -0.15) is 0 Å². The van der Waals surface area contributed by atoms with Crippen molar-refractivity contribution in [1.82, 2.24) is 5.32 Å². The van der Waals surface area contributed by atoms with Crippen molar-refractivity contribution in [2.24, 2.45) is 11.5 Å². The number of benzene rings is 1. The third kappa shape index (κ3) is 2.82. The molecule has 5 N–H and O–H groups in total. The van der Waals surface area contributed by atoms with Crippen LogP contribution in [0.3, 0.4) is 0 Å². The average Bonchev–Trinajstić information content (AvgIpc) is 2.29. The van der Waals surface area contributed by atoms with Gasteiger partial charge in [0.05, 0.1) is 6.04 Å². The lowest BCUT2D eigenvalue weighted by molar-refractivity contribution is -0.131. The lowest BCUT2D eigenvalue weighted by atomic mass is 9.91. The number of carbonyl (C=O) groups excluding carboxylic acids is 2. The normalized spacial score (nSPS) is 15.7. The van der Waals surface area contributed by atoms with Crippen LogP contribution < -0.4 is 16.8 Å². The topological polar surface area (TPSA) is 98.2 Å². The number of primary amides is 1. The van der Waals surface area contributed by atoms with E-state index in [1.165, 1.54) is 0 Å². The summed E-state index contributed by atoms with van der Waals surface area (Å²) in [5.74, 6) is -1.05. The Balaban J connectivity index is 3.07. The molecule has 2 amide bonds. The summed E-state index contributed by atoms with van der Waals surface area (Å²) in [6, 6.07) is 8.12. The van der Waals surface area contributed by atoms with Crippen LogP contribution in [0.4, 0.5) is 0 Å². The third-order valence-electron chi connectivity index (χ3n) is 2.63. The Bertz CT molecular complexity index is 417. The van der Waals surface area contributed by atoms with Crippen LogP contribution in [-0.4, -0.2) is 17.9 Å². The van der Waals surface area contributed by atoms with E-state index >= 15 is 0 Å². The highest BCUT2D eigenvalue weighted by Crippen LogP contribution is 2.20. The first-order valence-corrected chi connectivity index (χ1v) is 5.31. The molecule has 92 valence electrons. The fourth-order valence-corrected chi connectivity index (χ4v) is 1.41. The van der Waals surface area contributed by atoms with E-state index in [-0.39, 0.29) is 0 Å². The Labute approximate surface area is 100 Å². The molecule has 0 radical (unpaired) electrons. The number of hydrogen-bond donors (Lipinski definition) is 3. The minimum absolute atomic E-state index is 0.421. The lowest BCUT2D eigenvalue weighted by Crippen LogP contribution is -2.56. The molecule has 0 saturated carbocycles. The molecule has 0 bridgehead atoms. The Morgan fingerprint density at radius 3 is 2.24 bits per heavy atom. The van der Waals surface area contributed by atoms with Gasteiger partial charge in [0.15, 0.2) is 0 Å². The monoisotopic (exact) mass is 235 g/mol. The Kier molecular flexibility index (Phi) is 3.85. The summed E-state index contributed by atoms with van der Waals surface area (Å²) in [5, 5.41) is 2.57. The smallest absolute Gasteiger partial charge is 0.247 e. The highest BCUT2D eigenvalue weighted by molar-refractivity contribution is 5.92. The van der Waals surface area contributed by atoms with Crippen LogP contribution >= 0.6 is 0 Å². The molecule has 17 heavy (non-hydrogen) atoms. The lowest BCUT2D eigenvalue weighted by Gasteiger charge is -2.28. The molecule has 5 heteroatoms. The fourth-order valence-electron chi connectivity index (χ4n) is 1.41. The Hall–Kier alpha value is -1.88. The zero-order valence-corrected chi connectivity index (χ0v) is 9.94. The summed E-state index contributed by atoms with van der Waals surface area (Å²) in [6.45, 7) is 3.10. The first kappa shape index (κ1) is 13.2. The van der Waals surface area contributed by atoms with Gasteiger partial charge in [0.2, 0.25) is 11.8 Å². The van der Waals surface area contributed by atoms with Gasteiger partial charge in [-0.25, -0.2) is 0 Å². The van der Waals surface area contributed by atoms with E-state index in [0.717, 1.165) is 0 Å². The quantitative estimate of drug-likeness (QED) is 0.677. The maximum atomic E-state index is 11.6. The second-order valence-electron chi connectivity index (χ2n) is 4.13. The summed E-state index contributed by atoms with van der Waals surface area (Å²) < 4.78 is 0. The number of rotatable bonds is 4. The Morgan fingerprint density at radius 1 is 1.29 bits per heavy atom. The average molecular weight is 235 g/mol. The third-order valence-corrected chi connectivity index (χ3v) is 2.63. The highest BCUT2D eigenvalue weighted by Gasteiger charge is 2.35. The Morgan fingerprint density at radius 2 is 1.82 bits per heavy atom. The van der Waals surface area contributed by atoms with Gasteiger partial charge in [0.25, 0.3) is 0 Å². The van der Waals surface area contributed by atoms with Crippen LogP contribution in [0, 0.1) is 0 Å². The maximum Gasteiger partial charge on any atom is 0.247 e. The number of nitrogens with one attached hydrogen (secondary N) is 1. The molecule has 0 saturated heterocycles. The van der Waals surface area contributed by atoms with E-state index in [1.807, 2.05) is 6.07 Å². The molecule has 0 spiro atoms. The van der Waals surface area contributed by atoms with Crippen molar-refractivity contribution in [2.75, 3.05) is 0 Å². The SMILES string of the molecule is C[C@H](N)C(=O)NC(C)(C(N)=O)c1ccccc1.